The van der Waals surface area contributed by atoms with Crippen molar-refractivity contribution in [1.82, 2.24) is 24.8 Å². The number of nitrogens with one attached hydrogen (secondary N) is 1. The van der Waals surface area contributed by atoms with E-state index in [4.69, 9.17) is 16.6 Å². The second-order valence-electron chi connectivity index (χ2n) is 9.93. The molecule has 9 nitrogen and oxygen atoms in total. The predicted molar refractivity (Wildman–Crippen MR) is 149 cm³/mol. The number of carbonyl (C=O) groups excluding carboxylic acids is 1. The number of benzene rings is 1. The van der Waals surface area contributed by atoms with Crippen LogP contribution in [0.3, 0.4) is 0 Å². The van der Waals surface area contributed by atoms with Gasteiger partial charge >= 0.3 is 5.69 Å². The van der Waals surface area contributed by atoms with Gasteiger partial charge in [0.25, 0.3) is 0 Å². The fraction of sp³-hybridized carbons (Fsp3) is 0.321. The number of Topliss-reactive ketones (excluding diaryl/α,β-unsaturated/α-hetero) is 1. The molecular weight excluding hydrogens is 523 g/mol. The van der Waals surface area contributed by atoms with Crippen molar-refractivity contribution in [2.24, 2.45) is 0 Å². The zero-order chi connectivity index (χ0) is 28.0. The first-order valence-electron chi connectivity index (χ1n) is 12.7. The van der Waals surface area contributed by atoms with Crippen molar-refractivity contribution in [2.45, 2.75) is 39.7 Å². The first-order valence-corrected chi connectivity index (χ1v) is 13.1. The average molecular weight is 551 g/mol. The first kappa shape index (κ1) is 26.7. The molecule has 1 atom stereocenters. The standard InChI is InChI=1S/C28H28ClFN6O3/c1-14(2)23-25(17(16(4)37)8-9-32-23)36-27-18(26(34-28(36)39)35-11-10-31-13-15(35)3)12-19(29)24(33-27)22-20(30)6-5-7-21(22)38/h5-9,12,14-15,31,38H,10-11,13H2,1-4H3/t15-/m0/s1. The summed E-state index contributed by atoms with van der Waals surface area (Å²) in [5, 5.41) is 14.4. The molecule has 1 aliphatic heterocycles. The van der Waals surface area contributed by atoms with Crippen molar-refractivity contribution < 1.29 is 14.3 Å². The van der Waals surface area contributed by atoms with Crippen molar-refractivity contribution in [1.29, 1.82) is 0 Å². The second kappa shape index (κ2) is 10.3. The zero-order valence-corrected chi connectivity index (χ0v) is 22.8. The van der Waals surface area contributed by atoms with E-state index < -0.39 is 11.5 Å². The van der Waals surface area contributed by atoms with E-state index in [9.17, 15) is 19.1 Å². The summed E-state index contributed by atoms with van der Waals surface area (Å²) < 4.78 is 16.2. The van der Waals surface area contributed by atoms with E-state index in [1.54, 1.807) is 12.1 Å². The fourth-order valence-corrected chi connectivity index (χ4v) is 5.26. The molecular formula is C28H28ClFN6O3. The number of nitrogens with zero attached hydrogens (tertiary/aromatic N) is 5. The maximum atomic E-state index is 15.0. The van der Waals surface area contributed by atoms with Crippen molar-refractivity contribution in [3.05, 3.63) is 69.1 Å². The summed E-state index contributed by atoms with van der Waals surface area (Å²) in [4.78, 5) is 42.3. The molecule has 0 aliphatic carbocycles. The molecule has 202 valence electrons. The van der Waals surface area contributed by atoms with Crippen molar-refractivity contribution in [3.63, 3.8) is 0 Å². The van der Waals surface area contributed by atoms with Gasteiger partial charge in [-0.2, -0.15) is 4.98 Å². The molecule has 2 N–H and O–H groups in total. The number of fused-ring (bicyclic) bond motifs is 1. The van der Waals surface area contributed by atoms with E-state index in [0.717, 1.165) is 0 Å². The lowest BCUT2D eigenvalue weighted by atomic mass is 10.0. The van der Waals surface area contributed by atoms with Gasteiger partial charge in [-0.3, -0.25) is 9.78 Å². The lowest BCUT2D eigenvalue weighted by Gasteiger charge is -2.35. The minimum atomic E-state index is -0.726. The molecule has 1 saturated heterocycles. The smallest absolute Gasteiger partial charge is 0.355 e. The highest BCUT2D eigenvalue weighted by Crippen LogP contribution is 2.39. The molecule has 0 bridgehead atoms. The number of anilines is 1. The van der Waals surface area contributed by atoms with Gasteiger partial charge in [-0.25, -0.2) is 18.7 Å². The maximum Gasteiger partial charge on any atom is 0.355 e. The van der Waals surface area contributed by atoms with Crippen LogP contribution in [0, 0.1) is 5.82 Å². The topological polar surface area (TPSA) is 113 Å². The minimum Gasteiger partial charge on any atom is -0.507 e. The first-order chi connectivity index (χ1) is 18.6. The average Bonchev–Trinajstić information content (AvgIpc) is 2.88. The van der Waals surface area contributed by atoms with E-state index in [1.165, 1.54) is 35.9 Å². The van der Waals surface area contributed by atoms with Crippen LogP contribution in [0.5, 0.6) is 5.75 Å². The fourth-order valence-electron chi connectivity index (χ4n) is 5.02. The number of aromatic hydroxyl groups is 1. The van der Waals surface area contributed by atoms with Gasteiger partial charge in [0.1, 0.15) is 17.4 Å². The Balaban J connectivity index is 1.95. The van der Waals surface area contributed by atoms with Crippen LogP contribution in [-0.2, 0) is 0 Å². The molecule has 1 aromatic carbocycles. The summed E-state index contributed by atoms with van der Waals surface area (Å²) in [7, 11) is 0. The second-order valence-corrected chi connectivity index (χ2v) is 10.3. The van der Waals surface area contributed by atoms with E-state index in [-0.39, 0.29) is 56.7 Å². The van der Waals surface area contributed by atoms with Crippen LogP contribution in [0.1, 0.15) is 49.7 Å². The van der Waals surface area contributed by atoms with Crippen LogP contribution in [0.25, 0.3) is 28.0 Å². The number of piperazine rings is 1. The Morgan fingerprint density at radius 1 is 1.26 bits per heavy atom. The summed E-state index contributed by atoms with van der Waals surface area (Å²) >= 11 is 6.68. The predicted octanol–water partition coefficient (Wildman–Crippen LogP) is 4.46. The zero-order valence-electron chi connectivity index (χ0n) is 22.0. The number of carbonyl (C=O) groups is 1. The highest BCUT2D eigenvalue weighted by Gasteiger charge is 2.28. The Hall–Kier alpha value is -3.89. The quantitative estimate of drug-likeness (QED) is 0.350. The molecule has 5 rings (SSSR count). The number of pyridine rings is 2. The number of phenols is 1. The third-order valence-corrected chi connectivity index (χ3v) is 7.19. The van der Waals surface area contributed by atoms with Gasteiger partial charge in [-0.15, -0.1) is 0 Å². The number of aromatic nitrogens is 4. The van der Waals surface area contributed by atoms with Crippen LogP contribution in [0.4, 0.5) is 10.2 Å². The van der Waals surface area contributed by atoms with E-state index in [2.05, 4.69) is 15.3 Å². The Morgan fingerprint density at radius 2 is 2.03 bits per heavy atom. The van der Waals surface area contributed by atoms with Crippen LogP contribution >= 0.6 is 11.6 Å². The van der Waals surface area contributed by atoms with Gasteiger partial charge in [0.05, 0.1) is 33.0 Å². The summed E-state index contributed by atoms with van der Waals surface area (Å²) in [6, 6.07) is 7.04. The Bertz CT molecular complexity index is 1650. The van der Waals surface area contributed by atoms with Crippen LogP contribution in [-0.4, -0.2) is 56.1 Å². The van der Waals surface area contributed by atoms with Gasteiger partial charge in [0.2, 0.25) is 0 Å². The lowest BCUT2D eigenvalue weighted by molar-refractivity contribution is 0.101. The van der Waals surface area contributed by atoms with Gasteiger partial charge in [0, 0.05) is 37.4 Å². The number of hydrogen-bond acceptors (Lipinski definition) is 8. The molecule has 0 radical (unpaired) electrons. The van der Waals surface area contributed by atoms with Crippen molar-refractivity contribution in [3.8, 4) is 22.7 Å². The molecule has 0 amide bonds. The van der Waals surface area contributed by atoms with E-state index in [1.807, 2.05) is 25.7 Å². The number of halogens is 2. The number of rotatable bonds is 5. The summed E-state index contributed by atoms with van der Waals surface area (Å²) in [6.07, 6.45) is 1.53. The summed E-state index contributed by atoms with van der Waals surface area (Å²) in [5.41, 5.74) is 0.255. The lowest BCUT2D eigenvalue weighted by Crippen LogP contribution is -2.50. The molecule has 0 spiro atoms. The van der Waals surface area contributed by atoms with Crippen molar-refractivity contribution >= 4 is 34.2 Å². The summed E-state index contributed by atoms with van der Waals surface area (Å²) in [6.45, 7) is 9.19. The monoisotopic (exact) mass is 550 g/mol. The van der Waals surface area contributed by atoms with E-state index in [0.29, 0.717) is 36.5 Å². The van der Waals surface area contributed by atoms with Crippen molar-refractivity contribution in [2.75, 3.05) is 24.5 Å². The number of hydrogen-bond donors (Lipinski definition) is 2. The van der Waals surface area contributed by atoms with Crippen LogP contribution in [0.15, 0.2) is 41.3 Å². The highest BCUT2D eigenvalue weighted by atomic mass is 35.5. The Labute approximate surface area is 229 Å². The van der Waals surface area contributed by atoms with Gasteiger partial charge in [-0.1, -0.05) is 31.5 Å². The van der Waals surface area contributed by atoms with Crippen LogP contribution < -0.4 is 15.9 Å². The van der Waals surface area contributed by atoms with Gasteiger partial charge < -0.3 is 15.3 Å². The minimum absolute atomic E-state index is 0.0103. The molecule has 1 aliphatic rings. The molecule has 39 heavy (non-hydrogen) atoms. The van der Waals surface area contributed by atoms with Gasteiger partial charge in [0.15, 0.2) is 11.4 Å². The number of phenolic OH excluding ortho intramolecular Hbond substituents is 1. The molecule has 4 heterocycles. The largest absolute Gasteiger partial charge is 0.507 e. The Kier molecular flexibility index (Phi) is 7.09. The third kappa shape index (κ3) is 4.63. The molecule has 3 aromatic heterocycles. The molecule has 0 saturated carbocycles. The molecule has 4 aromatic rings. The number of ketones is 1. The highest BCUT2D eigenvalue weighted by molar-refractivity contribution is 6.34. The SMILES string of the molecule is CC(=O)c1ccnc(C(C)C)c1-n1c(=O)nc(N2CCNC[C@@H]2C)c2cc(Cl)c(-c3c(O)cccc3F)nc21. The molecule has 1 fully saturated rings. The van der Waals surface area contributed by atoms with Gasteiger partial charge in [-0.05, 0) is 44.0 Å². The van der Waals surface area contributed by atoms with Crippen LogP contribution in [0.2, 0.25) is 5.02 Å². The van der Waals surface area contributed by atoms with E-state index >= 15 is 0 Å². The maximum absolute atomic E-state index is 15.0. The Morgan fingerprint density at radius 3 is 2.69 bits per heavy atom. The normalized spacial score (nSPS) is 15.8. The molecule has 0 unspecified atom stereocenters. The molecule has 11 heteroatoms. The third-order valence-electron chi connectivity index (χ3n) is 6.91. The summed E-state index contributed by atoms with van der Waals surface area (Å²) in [5.74, 6) is -1.11.